The van der Waals surface area contributed by atoms with Gasteiger partial charge in [-0.3, -0.25) is 9.69 Å². The van der Waals surface area contributed by atoms with Crippen molar-refractivity contribution >= 4 is 11.9 Å². The molecule has 0 aromatic carbocycles. The first-order valence-electron chi connectivity index (χ1n) is 6.80. The zero-order valence-electron chi connectivity index (χ0n) is 12.5. The number of urea groups is 1. The number of amides is 3. The number of halogens is 3. The van der Waals surface area contributed by atoms with Crippen molar-refractivity contribution in [2.75, 3.05) is 6.54 Å². The Hall–Kier alpha value is -1.31. The van der Waals surface area contributed by atoms with Crippen molar-refractivity contribution in [3.63, 3.8) is 0 Å². The Labute approximate surface area is 121 Å². The van der Waals surface area contributed by atoms with E-state index < -0.39 is 42.7 Å². The van der Waals surface area contributed by atoms with Gasteiger partial charge in [-0.05, 0) is 11.8 Å². The number of hydrogen-bond acceptors (Lipinski definition) is 3. The summed E-state index contributed by atoms with van der Waals surface area (Å²) in [6.07, 6.45) is -7.83. The summed E-state index contributed by atoms with van der Waals surface area (Å²) >= 11 is 0. The minimum Gasteiger partial charge on any atom is -0.391 e. The summed E-state index contributed by atoms with van der Waals surface area (Å²) in [5, 5.41) is 12.0. The Kier molecular flexibility index (Phi) is 4.92. The van der Waals surface area contributed by atoms with Crippen LogP contribution in [0.3, 0.4) is 0 Å². The molecule has 1 aliphatic rings. The van der Waals surface area contributed by atoms with Gasteiger partial charge >= 0.3 is 12.2 Å². The maximum Gasteiger partial charge on any atom is 0.391 e. The van der Waals surface area contributed by atoms with E-state index in [1.807, 2.05) is 0 Å². The number of carbonyl (C=O) groups is 2. The van der Waals surface area contributed by atoms with Crippen molar-refractivity contribution in [3.05, 3.63) is 0 Å². The van der Waals surface area contributed by atoms with Gasteiger partial charge in [-0.15, -0.1) is 0 Å². The molecule has 1 aliphatic heterocycles. The van der Waals surface area contributed by atoms with E-state index in [1.54, 1.807) is 27.7 Å². The second-order valence-corrected chi connectivity index (χ2v) is 6.00. The number of nitrogens with zero attached hydrogens (tertiary/aromatic N) is 1. The molecule has 0 radical (unpaired) electrons. The second-order valence-electron chi connectivity index (χ2n) is 6.00. The van der Waals surface area contributed by atoms with Gasteiger partial charge < -0.3 is 10.4 Å². The highest BCUT2D eigenvalue weighted by Crippen LogP contribution is 2.33. The van der Waals surface area contributed by atoms with E-state index in [0.29, 0.717) is 4.90 Å². The SMILES string of the molecule is CC(C)C1(C(C)C)NC(=O)N(C[C@H](O)CC(F)(F)F)C1=O. The van der Waals surface area contributed by atoms with Gasteiger partial charge in [0.2, 0.25) is 0 Å². The van der Waals surface area contributed by atoms with Crippen LogP contribution in [0.4, 0.5) is 18.0 Å². The molecular weight excluding hydrogens is 289 g/mol. The first-order chi connectivity index (χ1) is 9.41. The molecule has 0 aromatic heterocycles. The van der Waals surface area contributed by atoms with E-state index in [1.165, 1.54) is 0 Å². The molecule has 3 amide bonds. The van der Waals surface area contributed by atoms with Gasteiger partial charge in [-0.1, -0.05) is 27.7 Å². The number of β-amino-alcohol motifs (C(OH)–C–C–N with tert-alkyl or cyclic N) is 1. The molecule has 1 rings (SSSR count). The van der Waals surface area contributed by atoms with Crippen molar-refractivity contribution < 1.29 is 27.9 Å². The van der Waals surface area contributed by atoms with Crippen molar-refractivity contribution in [1.29, 1.82) is 0 Å². The molecule has 0 saturated carbocycles. The smallest absolute Gasteiger partial charge is 0.391 e. The predicted molar refractivity (Wildman–Crippen MR) is 69.3 cm³/mol. The van der Waals surface area contributed by atoms with Crippen LogP contribution in [-0.2, 0) is 4.79 Å². The number of alkyl halides is 3. The molecule has 1 heterocycles. The standard InChI is InChI=1S/C13H21F3N2O3/c1-7(2)13(8(3)4)10(20)18(11(21)17-13)6-9(19)5-12(14,15)16/h7-9,19H,5-6H2,1-4H3,(H,17,21)/t9-/m1/s1. The normalized spacial score (nSPS) is 20.4. The third-order valence-corrected chi connectivity index (χ3v) is 3.84. The molecule has 0 aromatic rings. The van der Waals surface area contributed by atoms with Gasteiger partial charge in [0.25, 0.3) is 5.91 Å². The van der Waals surface area contributed by atoms with Gasteiger partial charge in [-0.25, -0.2) is 4.79 Å². The Morgan fingerprint density at radius 1 is 1.19 bits per heavy atom. The van der Waals surface area contributed by atoms with Gasteiger partial charge in [-0.2, -0.15) is 13.2 Å². The van der Waals surface area contributed by atoms with Crippen molar-refractivity contribution in [2.24, 2.45) is 11.8 Å². The largest absolute Gasteiger partial charge is 0.391 e. The maximum absolute atomic E-state index is 12.5. The average molecular weight is 310 g/mol. The van der Waals surface area contributed by atoms with Crippen LogP contribution in [0.2, 0.25) is 0 Å². The van der Waals surface area contributed by atoms with Crippen LogP contribution < -0.4 is 5.32 Å². The highest BCUT2D eigenvalue weighted by molar-refractivity contribution is 6.07. The minimum absolute atomic E-state index is 0.223. The number of aliphatic hydroxyl groups excluding tert-OH is 1. The fourth-order valence-corrected chi connectivity index (χ4v) is 2.77. The molecule has 1 atom stereocenters. The Morgan fingerprint density at radius 2 is 1.67 bits per heavy atom. The summed E-state index contributed by atoms with van der Waals surface area (Å²) in [6.45, 7) is 6.37. The number of aliphatic hydroxyl groups is 1. The highest BCUT2D eigenvalue weighted by Gasteiger charge is 2.55. The van der Waals surface area contributed by atoms with E-state index in [-0.39, 0.29) is 11.8 Å². The van der Waals surface area contributed by atoms with Gasteiger partial charge in [0.05, 0.1) is 19.1 Å². The summed E-state index contributed by atoms with van der Waals surface area (Å²) in [5.74, 6) is -1.03. The number of hydrogen-bond donors (Lipinski definition) is 2. The lowest BCUT2D eigenvalue weighted by molar-refractivity contribution is -0.157. The first kappa shape index (κ1) is 17.7. The molecule has 5 nitrogen and oxygen atoms in total. The van der Waals surface area contributed by atoms with Crippen LogP contribution in [0.1, 0.15) is 34.1 Å². The third kappa shape index (κ3) is 3.48. The average Bonchev–Trinajstić information content (AvgIpc) is 2.51. The van der Waals surface area contributed by atoms with Gasteiger partial charge in [0.1, 0.15) is 5.54 Å². The van der Waals surface area contributed by atoms with Gasteiger partial charge in [0, 0.05) is 0 Å². The van der Waals surface area contributed by atoms with Crippen LogP contribution in [-0.4, -0.2) is 46.3 Å². The lowest BCUT2D eigenvalue weighted by atomic mass is 9.77. The van der Waals surface area contributed by atoms with Crippen molar-refractivity contribution in [2.45, 2.75) is 51.9 Å². The molecule has 122 valence electrons. The van der Waals surface area contributed by atoms with Gasteiger partial charge in [0.15, 0.2) is 0 Å². The quantitative estimate of drug-likeness (QED) is 0.762. The first-order valence-corrected chi connectivity index (χ1v) is 6.80. The van der Waals surface area contributed by atoms with E-state index >= 15 is 0 Å². The zero-order valence-corrected chi connectivity index (χ0v) is 12.5. The fraction of sp³-hybridized carbons (Fsp3) is 0.846. The predicted octanol–water partition coefficient (Wildman–Crippen LogP) is 1.90. The summed E-state index contributed by atoms with van der Waals surface area (Å²) in [6, 6.07) is -0.761. The Morgan fingerprint density at radius 3 is 2.00 bits per heavy atom. The van der Waals surface area contributed by atoms with E-state index in [2.05, 4.69) is 5.32 Å². The summed E-state index contributed by atoms with van der Waals surface area (Å²) in [7, 11) is 0. The number of carbonyl (C=O) groups excluding carboxylic acids is 2. The minimum atomic E-state index is -4.55. The Bertz CT molecular complexity index is 413. The van der Waals surface area contributed by atoms with Crippen molar-refractivity contribution in [1.82, 2.24) is 10.2 Å². The van der Waals surface area contributed by atoms with Crippen LogP contribution in [0.25, 0.3) is 0 Å². The topological polar surface area (TPSA) is 69.6 Å². The monoisotopic (exact) mass is 310 g/mol. The molecule has 21 heavy (non-hydrogen) atoms. The van der Waals surface area contributed by atoms with E-state index in [0.717, 1.165) is 0 Å². The lowest BCUT2D eigenvalue weighted by Gasteiger charge is -2.34. The molecule has 0 spiro atoms. The molecule has 0 aliphatic carbocycles. The van der Waals surface area contributed by atoms with Crippen LogP contribution in [0, 0.1) is 11.8 Å². The van der Waals surface area contributed by atoms with Crippen molar-refractivity contribution in [3.8, 4) is 0 Å². The molecule has 8 heteroatoms. The van der Waals surface area contributed by atoms with Crippen LogP contribution >= 0.6 is 0 Å². The summed E-state index contributed by atoms with van der Waals surface area (Å²) in [5.41, 5.74) is -1.14. The number of nitrogens with one attached hydrogen (secondary N) is 1. The summed E-state index contributed by atoms with van der Waals surface area (Å²) in [4.78, 5) is 25.1. The van der Waals surface area contributed by atoms with Crippen LogP contribution in [0.5, 0.6) is 0 Å². The number of imide groups is 1. The Balaban J connectivity index is 2.92. The van der Waals surface area contributed by atoms with E-state index in [9.17, 15) is 27.9 Å². The lowest BCUT2D eigenvalue weighted by Crippen LogP contribution is -2.55. The summed E-state index contributed by atoms with van der Waals surface area (Å²) < 4.78 is 36.7. The van der Waals surface area contributed by atoms with Crippen LogP contribution in [0.15, 0.2) is 0 Å². The molecule has 2 N–H and O–H groups in total. The highest BCUT2D eigenvalue weighted by atomic mass is 19.4. The second kappa shape index (κ2) is 5.82. The third-order valence-electron chi connectivity index (χ3n) is 3.84. The molecule has 0 unspecified atom stereocenters. The molecular formula is C13H21F3N2O3. The maximum atomic E-state index is 12.5. The van der Waals surface area contributed by atoms with E-state index in [4.69, 9.17) is 0 Å². The number of rotatable bonds is 5. The molecule has 1 fully saturated rings. The fourth-order valence-electron chi connectivity index (χ4n) is 2.77. The molecule has 1 saturated heterocycles. The molecule has 0 bridgehead atoms. The zero-order chi connectivity index (χ0) is 16.6.